The van der Waals surface area contributed by atoms with E-state index in [9.17, 15) is 13.2 Å². The van der Waals surface area contributed by atoms with E-state index in [1.165, 1.54) is 18.4 Å². The molecule has 0 bridgehead atoms. The van der Waals surface area contributed by atoms with Crippen molar-refractivity contribution in [1.82, 2.24) is 14.9 Å². The lowest BCUT2D eigenvalue weighted by atomic mass is 9.99. The van der Waals surface area contributed by atoms with E-state index in [4.69, 9.17) is 4.74 Å². The number of nitrogens with one attached hydrogen (secondary N) is 2. The number of hydrogen-bond acceptors (Lipinski definition) is 6. The second-order valence-electron chi connectivity index (χ2n) is 5.82. The van der Waals surface area contributed by atoms with Gasteiger partial charge in [0.15, 0.2) is 5.96 Å². The van der Waals surface area contributed by atoms with Crippen molar-refractivity contribution in [3.05, 3.63) is 17.5 Å². The molecule has 2 atom stereocenters. The molecule has 2 unspecified atom stereocenters. The van der Waals surface area contributed by atoms with E-state index in [0.29, 0.717) is 29.8 Å². The molecule has 2 N–H and O–H groups in total. The van der Waals surface area contributed by atoms with Crippen LogP contribution in [0.1, 0.15) is 6.92 Å². The van der Waals surface area contributed by atoms with Gasteiger partial charge in [-0.3, -0.25) is 9.79 Å². The number of sulfonamides is 1. The molecule has 0 saturated carbocycles. The van der Waals surface area contributed by atoms with Gasteiger partial charge in [-0.25, -0.2) is 13.1 Å². The minimum atomic E-state index is -3.46. The van der Waals surface area contributed by atoms with Crippen molar-refractivity contribution in [1.29, 1.82) is 0 Å². The number of carbonyl (C=O) groups excluding carboxylic acids is 1. The van der Waals surface area contributed by atoms with Crippen LogP contribution in [0.5, 0.6) is 0 Å². The van der Waals surface area contributed by atoms with Crippen molar-refractivity contribution in [2.24, 2.45) is 16.8 Å². The second kappa shape index (κ2) is 10.4. The molecular formula is C15H25IN4O4S2. The van der Waals surface area contributed by atoms with Crippen LogP contribution in [0.4, 0.5) is 0 Å². The van der Waals surface area contributed by atoms with Crippen molar-refractivity contribution < 1.29 is 17.9 Å². The van der Waals surface area contributed by atoms with Crippen LogP contribution in [0.2, 0.25) is 0 Å². The van der Waals surface area contributed by atoms with Crippen LogP contribution < -0.4 is 10.0 Å². The molecule has 8 nitrogen and oxygen atoms in total. The number of halogens is 1. The van der Waals surface area contributed by atoms with Crippen molar-refractivity contribution in [2.45, 2.75) is 11.1 Å². The van der Waals surface area contributed by atoms with Crippen LogP contribution in [0.15, 0.2) is 26.7 Å². The minimum Gasteiger partial charge on any atom is -0.469 e. The minimum absolute atomic E-state index is 0. The molecule has 1 aliphatic rings. The molecule has 0 spiro atoms. The molecular weight excluding hydrogens is 491 g/mol. The summed E-state index contributed by atoms with van der Waals surface area (Å²) in [5.74, 6) is 0.423. The SMILES string of the molecule is CN=C(NCCNS(=O)(=O)c1cccs1)N1CC(C)C(C(=O)OC)C1.I. The number of esters is 1. The lowest BCUT2D eigenvalue weighted by Gasteiger charge is -2.21. The van der Waals surface area contributed by atoms with Gasteiger partial charge in [-0.1, -0.05) is 13.0 Å². The number of hydrogen-bond donors (Lipinski definition) is 2. The molecule has 11 heteroatoms. The average Bonchev–Trinajstić information content (AvgIpc) is 3.24. The summed E-state index contributed by atoms with van der Waals surface area (Å²) in [6, 6.07) is 3.27. The normalized spacial score (nSPS) is 20.6. The summed E-state index contributed by atoms with van der Waals surface area (Å²) >= 11 is 1.18. The Bertz CT molecular complexity index is 709. The van der Waals surface area contributed by atoms with Gasteiger partial charge in [0.2, 0.25) is 10.0 Å². The first kappa shape index (κ1) is 23.1. The summed E-state index contributed by atoms with van der Waals surface area (Å²) < 4.78 is 31.8. The zero-order chi connectivity index (χ0) is 18.4. The first-order valence-corrected chi connectivity index (χ1v) is 10.3. The van der Waals surface area contributed by atoms with Crippen LogP contribution in [0.25, 0.3) is 0 Å². The number of rotatable bonds is 6. The Morgan fingerprint density at radius 1 is 1.42 bits per heavy atom. The highest BCUT2D eigenvalue weighted by molar-refractivity contribution is 14.0. The molecule has 2 heterocycles. The summed E-state index contributed by atoms with van der Waals surface area (Å²) in [5.41, 5.74) is 0. The van der Waals surface area contributed by atoms with Crippen molar-refractivity contribution in [3.63, 3.8) is 0 Å². The van der Waals surface area contributed by atoms with Gasteiger partial charge in [-0.15, -0.1) is 35.3 Å². The number of likely N-dealkylation sites (tertiary alicyclic amines) is 1. The van der Waals surface area contributed by atoms with Crippen LogP contribution in [0, 0.1) is 11.8 Å². The Balaban J connectivity index is 0.00000338. The van der Waals surface area contributed by atoms with Gasteiger partial charge in [0.25, 0.3) is 0 Å². The Labute approximate surface area is 175 Å². The molecule has 26 heavy (non-hydrogen) atoms. The third-order valence-electron chi connectivity index (χ3n) is 4.09. The topological polar surface area (TPSA) is 100 Å². The molecule has 0 aromatic carbocycles. The number of guanidine groups is 1. The molecule has 0 radical (unpaired) electrons. The summed E-state index contributed by atoms with van der Waals surface area (Å²) in [6.45, 7) is 3.87. The number of methoxy groups -OCH3 is 1. The van der Waals surface area contributed by atoms with Crippen molar-refractivity contribution in [2.75, 3.05) is 40.3 Å². The fourth-order valence-corrected chi connectivity index (χ4v) is 4.85. The Morgan fingerprint density at radius 2 is 2.15 bits per heavy atom. The maximum atomic E-state index is 12.0. The predicted octanol–water partition coefficient (Wildman–Crippen LogP) is 0.961. The standard InChI is InChI=1S/C15H24N4O4S2.HI/c1-11-9-19(10-12(11)14(20)23-3)15(16-2)17-6-7-18-25(21,22)13-5-4-8-24-13;/h4-5,8,11-12,18H,6-7,9-10H2,1-3H3,(H,16,17);1H. The Kier molecular flexibility index (Phi) is 9.27. The smallest absolute Gasteiger partial charge is 0.310 e. The zero-order valence-electron chi connectivity index (χ0n) is 15.0. The van der Waals surface area contributed by atoms with Gasteiger partial charge in [0, 0.05) is 33.2 Å². The fourth-order valence-electron chi connectivity index (χ4n) is 2.78. The highest BCUT2D eigenvalue weighted by Gasteiger charge is 2.36. The highest BCUT2D eigenvalue weighted by Crippen LogP contribution is 2.24. The van der Waals surface area contributed by atoms with E-state index in [0.717, 1.165) is 0 Å². The molecule has 148 valence electrons. The van der Waals surface area contributed by atoms with Crippen LogP contribution in [0.3, 0.4) is 0 Å². The lowest BCUT2D eigenvalue weighted by molar-refractivity contribution is -0.145. The van der Waals surface area contributed by atoms with E-state index < -0.39 is 10.0 Å². The molecule has 0 amide bonds. The average molecular weight is 516 g/mol. The van der Waals surface area contributed by atoms with E-state index in [-0.39, 0.29) is 48.3 Å². The summed E-state index contributed by atoms with van der Waals surface area (Å²) in [7, 11) is -0.405. The van der Waals surface area contributed by atoms with Crippen LogP contribution in [-0.2, 0) is 19.6 Å². The number of nitrogens with zero attached hydrogens (tertiary/aromatic N) is 2. The van der Waals surface area contributed by atoms with Crippen LogP contribution in [-0.4, -0.2) is 65.6 Å². The highest BCUT2D eigenvalue weighted by atomic mass is 127. The summed E-state index contributed by atoms with van der Waals surface area (Å²) in [4.78, 5) is 18.0. The quantitative estimate of drug-likeness (QED) is 0.192. The maximum Gasteiger partial charge on any atom is 0.310 e. The van der Waals surface area contributed by atoms with E-state index in [1.54, 1.807) is 24.6 Å². The van der Waals surface area contributed by atoms with E-state index in [1.807, 2.05) is 11.8 Å². The first-order valence-electron chi connectivity index (χ1n) is 7.95. The van der Waals surface area contributed by atoms with E-state index >= 15 is 0 Å². The van der Waals surface area contributed by atoms with Crippen LogP contribution >= 0.6 is 35.3 Å². The number of carbonyl (C=O) groups is 1. The lowest BCUT2D eigenvalue weighted by Crippen LogP contribution is -2.43. The Morgan fingerprint density at radius 3 is 2.73 bits per heavy atom. The van der Waals surface area contributed by atoms with Crippen molar-refractivity contribution >= 4 is 57.3 Å². The zero-order valence-corrected chi connectivity index (χ0v) is 18.9. The number of thiophene rings is 1. The molecule has 1 saturated heterocycles. The number of aliphatic imine (C=N–C) groups is 1. The van der Waals surface area contributed by atoms with Gasteiger partial charge in [-0.2, -0.15) is 0 Å². The Hall–Kier alpha value is -0.920. The molecule has 2 rings (SSSR count). The second-order valence-corrected chi connectivity index (χ2v) is 8.76. The van der Waals surface area contributed by atoms with Gasteiger partial charge >= 0.3 is 5.97 Å². The summed E-state index contributed by atoms with van der Waals surface area (Å²) in [5, 5.41) is 4.85. The summed E-state index contributed by atoms with van der Waals surface area (Å²) in [6.07, 6.45) is 0. The molecule has 1 aliphatic heterocycles. The van der Waals surface area contributed by atoms with Gasteiger partial charge in [0.1, 0.15) is 4.21 Å². The maximum absolute atomic E-state index is 12.0. The fraction of sp³-hybridized carbons (Fsp3) is 0.600. The van der Waals surface area contributed by atoms with Crippen molar-refractivity contribution in [3.8, 4) is 0 Å². The number of ether oxygens (including phenoxy) is 1. The molecule has 1 aromatic rings. The molecule has 1 fully saturated rings. The van der Waals surface area contributed by atoms with E-state index in [2.05, 4.69) is 15.0 Å². The molecule has 1 aromatic heterocycles. The van der Waals surface area contributed by atoms with Gasteiger partial charge in [-0.05, 0) is 17.4 Å². The monoisotopic (exact) mass is 516 g/mol. The van der Waals surface area contributed by atoms with Gasteiger partial charge < -0.3 is 15.0 Å². The van der Waals surface area contributed by atoms with Gasteiger partial charge in [0.05, 0.1) is 13.0 Å². The third-order valence-corrected chi connectivity index (χ3v) is 6.95. The first-order chi connectivity index (χ1) is 11.9. The third kappa shape index (κ3) is 5.79. The largest absolute Gasteiger partial charge is 0.469 e. The predicted molar refractivity (Wildman–Crippen MR) is 113 cm³/mol. The molecule has 0 aliphatic carbocycles.